The number of carbonyl (C=O) groups excluding carboxylic acids is 1. The molecular weight excluding hydrogens is 297 g/mol. The number of benzene rings is 1. The van der Waals surface area contributed by atoms with Gasteiger partial charge in [-0.1, -0.05) is 6.07 Å². The molecule has 1 atom stereocenters. The Balaban J connectivity index is 0.000000238. The van der Waals surface area contributed by atoms with Gasteiger partial charge in [-0.25, -0.2) is 14.0 Å². The highest BCUT2D eigenvalue weighted by Gasteiger charge is 2.27. The number of nitrogens with two attached hydrogens (primary N) is 1. The number of carbonyl (C=O) groups is 1. The second kappa shape index (κ2) is 7.93. The molecule has 0 radical (unpaired) electrons. The van der Waals surface area contributed by atoms with Gasteiger partial charge in [0.1, 0.15) is 11.4 Å². The SMILES string of the molecule is CC(C)(C)OC(=O)N1CC[C@H](N)C1.[C-]#[N+]c1ccc(F)cc1C. The first-order valence-corrected chi connectivity index (χ1v) is 7.49. The maximum absolute atomic E-state index is 12.4. The molecule has 2 rings (SSSR count). The average Bonchev–Trinajstić information content (AvgIpc) is 2.84. The summed E-state index contributed by atoms with van der Waals surface area (Å²) >= 11 is 0. The molecule has 1 aromatic carbocycles. The molecule has 0 bridgehead atoms. The molecule has 1 aliphatic heterocycles. The van der Waals surface area contributed by atoms with Crippen molar-refractivity contribution in [2.75, 3.05) is 13.1 Å². The molecule has 1 aliphatic rings. The predicted molar refractivity (Wildman–Crippen MR) is 87.8 cm³/mol. The number of hydrogen-bond donors (Lipinski definition) is 1. The van der Waals surface area contributed by atoms with E-state index in [0.29, 0.717) is 17.8 Å². The van der Waals surface area contributed by atoms with Crippen molar-refractivity contribution >= 4 is 11.8 Å². The van der Waals surface area contributed by atoms with Crippen LogP contribution in [0.5, 0.6) is 0 Å². The Kier molecular flexibility index (Phi) is 6.52. The summed E-state index contributed by atoms with van der Waals surface area (Å²) in [5.74, 6) is -0.287. The first-order valence-electron chi connectivity index (χ1n) is 7.49. The summed E-state index contributed by atoms with van der Waals surface area (Å²) in [5.41, 5.74) is 6.47. The molecule has 2 N–H and O–H groups in total. The Morgan fingerprint density at radius 3 is 2.57 bits per heavy atom. The lowest BCUT2D eigenvalue weighted by atomic mass is 10.2. The third-order valence-electron chi connectivity index (χ3n) is 3.16. The number of ether oxygens (including phenoxy) is 1. The smallest absolute Gasteiger partial charge is 0.410 e. The highest BCUT2D eigenvalue weighted by Crippen LogP contribution is 2.18. The van der Waals surface area contributed by atoms with E-state index < -0.39 is 5.60 Å². The number of halogens is 1. The van der Waals surface area contributed by atoms with E-state index in [1.54, 1.807) is 11.8 Å². The summed E-state index contributed by atoms with van der Waals surface area (Å²) in [5, 5.41) is 0. The van der Waals surface area contributed by atoms with Crippen LogP contribution >= 0.6 is 0 Å². The van der Waals surface area contributed by atoms with Gasteiger partial charge in [0.05, 0.1) is 6.57 Å². The number of nitrogens with zero attached hydrogens (tertiary/aromatic N) is 2. The molecule has 6 heteroatoms. The van der Waals surface area contributed by atoms with Crippen molar-refractivity contribution in [3.63, 3.8) is 0 Å². The highest BCUT2D eigenvalue weighted by molar-refractivity contribution is 5.68. The van der Waals surface area contributed by atoms with E-state index in [9.17, 15) is 9.18 Å². The topological polar surface area (TPSA) is 59.9 Å². The van der Waals surface area contributed by atoms with E-state index >= 15 is 0 Å². The summed E-state index contributed by atoms with van der Waals surface area (Å²) < 4.78 is 17.6. The molecule has 0 saturated carbocycles. The molecule has 1 aromatic rings. The Morgan fingerprint density at radius 1 is 1.48 bits per heavy atom. The second-order valence-electron chi connectivity index (χ2n) is 6.52. The van der Waals surface area contributed by atoms with Crippen LogP contribution in [0.1, 0.15) is 32.8 Å². The molecule has 1 fully saturated rings. The maximum atomic E-state index is 12.4. The monoisotopic (exact) mass is 321 g/mol. The fourth-order valence-corrected chi connectivity index (χ4v) is 2.02. The summed E-state index contributed by atoms with van der Waals surface area (Å²) in [6, 6.07) is 4.25. The van der Waals surface area contributed by atoms with Crippen LogP contribution in [-0.2, 0) is 4.74 Å². The normalized spacial score (nSPS) is 17.1. The molecule has 23 heavy (non-hydrogen) atoms. The summed E-state index contributed by atoms with van der Waals surface area (Å²) in [7, 11) is 0. The van der Waals surface area contributed by atoms with Gasteiger partial charge in [0.15, 0.2) is 5.69 Å². The van der Waals surface area contributed by atoms with Crippen LogP contribution in [0.3, 0.4) is 0 Å². The molecule has 5 nitrogen and oxygen atoms in total. The molecule has 1 saturated heterocycles. The van der Waals surface area contributed by atoms with E-state index in [0.717, 1.165) is 13.0 Å². The van der Waals surface area contributed by atoms with Gasteiger partial charge in [-0.15, -0.1) is 0 Å². The fourth-order valence-electron chi connectivity index (χ4n) is 2.02. The van der Waals surface area contributed by atoms with Crippen LogP contribution in [0, 0.1) is 19.3 Å². The van der Waals surface area contributed by atoms with Crippen LogP contribution in [0.4, 0.5) is 14.9 Å². The summed E-state index contributed by atoms with van der Waals surface area (Å²) in [6.07, 6.45) is 0.625. The van der Waals surface area contributed by atoms with Crippen LogP contribution in [0.15, 0.2) is 18.2 Å². The zero-order valence-corrected chi connectivity index (χ0v) is 14.1. The fraction of sp³-hybridized carbons (Fsp3) is 0.529. The number of aryl methyl sites for hydroxylation is 1. The first-order chi connectivity index (χ1) is 10.6. The van der Waals surface area contributed by atoms with Crippen LogP contribution in [0.25, 0.3) is 4.85 Å². The van der Waals surface area contributed by atoms with E-state index in [4.69, 9.17) is 17.0 Å². The van der Waals surface area contributed by atoms with Crippen molar-refractivity contribution in [1.29, 1.82) is 0 Å². The molecular formula is C17H24FN3O2. The Labute approximate surface area is 137 Å². The van der Waals surface area contributed by atoms with Gasteiger partial charge in [-0.05, 0) is 51.8 Å². The highest BCUT2D eigenvalue weighted by atomic mass is 19.1. The lowest BCUT2D eigenvalue weighted by Crippen LogP contribution is -2.36. The number of hydrogen-bond acceptors (Lipinski definition) is 3. The third kappa shape index (κ3) is 6.66. The zero-order chi connectivity index (χ0) is 17.6. The molecule has 126 valence electrons. The Morgan fingerprint density at radius 2 is 2.13 bits per heavy atom. The Hall–Kier alpha value is -2.13. The van der Waals surface area contributed by atoms with Gasteiger partial charge in [-0.3, -0.25) is 0 Å². The number of rotatable bonds is 0. The van der Waals surface area contributed by atoms with Crippen molar-refractivity contribution in [2.45, 2.75) is 45.8 Å². The van der Waals surface area contributed by atoms with E-state index in [1.807, 2.05) is 20.8 Å². The minimum Gasteiger partial charge on any atom is -0.444 e. The third-order valence-corrected chi connectivity index (χ3v) is 3.16. The van der Waals surface area contributed by atoms with Crippen molar-refractivity contribution in [3.05, 3.63) is 41.0 Å². The predicted octanol–water partition coefficient (Wildman–Crippen LogP) is 3.64. The van der Waals surface area contributed by atoms with Gasteiger partial charge in [-0.2, -0.15) is 0 Å². The van der Waals surface area contributed by atoms with E-state index in [-0.39, 0.29) is 18.0 Å². The molecule has 0 spiro atoms. The summed E-state index contributed by atoms with van der Waals surface area (Å²) in [4.78, 5) is 16.3. The van der Waals surface area contributed by atoms with Crippen LogP contribution < -0.4 is 5.73 Å². The molecule has 0 aromatic heterocycles. The van der Waals surface area contributed by atoms with Gasteiger partial charge < -0.3 is 15.4 Å². The van der Waals surface area contributed by atoms with Crippen molar-refractivity contribution in [1.82, 2.24) is 4.90 Å². The van der Waals surface area contributed by atoms with Crippen LogP contribution in [0.2, 0.25) is 0 Å². The van der Waals surface area contributed by atoms with Gasteiger partial charge >= 0.3 is 6.09 Å². The van der Waals surface area contributed by atoms with Crippen LogP contribution in [-0.4, -0.2) is 35.7 Å². The average molecular weight is 321 g/mol. The maximum Gasteiger partial charge on any atom is 0.410 e. The molecule has 0 aliphatic carbocycles. The molecule has 1 heterocycles. The van der Waals surface area contributed by atoms with Crippen molar-refractivity contribution in [2.24, 2.45) is 5.73 Å². The summed E-state index contributed by atoms with van der Waals surface area (Å²) in [6.45, 7) is 15.3. The molecule has 1 amide bonds. The standard InChI is InChI=1S/C9H18N2O2.C8H6FN/c1-9(2,3)13-8(12)11-5-4-7(10)6-11;1-6-5-7(9)3-4-8(6)10-2/h7H,4-6,10H2,1-3H3;3-5H,1H3/t7-;/m0./s1. The minimum atomic E-state index is -0.413. The Bertz CT molecular complexity index is 590. The first kappa shape index (κ1) is 18.9. The lowest BCUT2D eigenvalue weighted by Gasteiger charge is -2.24. The quantitative estimate of drug-likeness (QED) is 0.742. The van der Waals surface area contributed by atoms with E-state index in [1.165, 1.54) is 18.2 Å². The van der Waals surface area contributed by atoms with Crippen molar-refractivity contribution < 1.29 is 13.9 Å². The number of likely N-dealkylation sites (tertiary alicyclic amines) is 1. The number of amides is 1. The molecule has 0 unspecified atom stereocenters. The largest absolute Gasteiger partial charge is 0.444 e. The second-order valence-corrected chi connectivity index (χ2v) is 6.52. The van der Waals surface area contributed by atoms with Gasteiger partial charge in [0, 0.05) is 19.1 Å². The lowest BCUT2D eigenvalue weighted by molar-refractivity contribution is 0.0292. The van der Waals surface area contributed by atoms with E-state index in [2.05, 4.69) is 4.85 Å². The van der Waals surface area contributed by atoms with Crippen molar-refractivity contribution in [3.8, 4) is 0 Å². The van der Waals surface area contributed by atoms with Gasteiger partial charge in [0.25, 0.3) is 0 Å². The van der Waals surface area contributed by atoms with Gasteiger partial charge in [0.2, 0.25) is 0 Å². The zero-order valence-electron chi connectivity index (χ0n) is 14.1. The minimum absolute atomic E-state index is 0.118.